The SMILES string of the molecule is CCC(CSC)N1C(=O)C2(CC2)NC1c1cccc(F)c1. The summed E-state index contributed by atoms with van der Waals surface area (Å²) in [6, 6.07) is 6.77. The number of nitrogens with one attached hydrogen (secondary N) is 1. The largest absolute Gasteiger partial charge is 0.317 e. The highest BCUT2D eigenvalue weighted by Crippen LogP contribution is 2.47. The van der Waals surface area contributed by atoms with Crippen LogP contribution in [0.4, 0.5) is 4.39 Å². The van der Waals surface area contributed by atoms with Gasteiger partial charge in [0.1, 0.15) is 17.5 Å². The number of carbonyl (C=O) groups excluding carboxylic acids is 1. The van der Waals surface area contributed by atoms with Crippen LogP contribution in [0, 0.1) is 5.82 Å². The van der Waals surface area contributed by atoms with Crippen molar-refractivity contribution in [3.8, 4) is 0 Å². The van der Waals surface area contributed by atoms with Crippen LogP contribution in [0.2, 0.25) is 0 Å². The number of halogens is 1. The van der Waals surface area contributed by atoms with Gasteiger partial charge in [0.05, 0.1) is 0 Å². The summed E-state index contributed by atoms with van der Waals surface area (Å²) in [4.78, 5) is 14.8. The van der Waals surface area contributed by atoms with Crippen LogP contribution in [0.1, 0.15) is 37.9 Å². The average Bonchev–Trinajstić information content (AvgIpc) is 3.20. The Morgan fingerprint density at radius 3 is 2.86 bits per heavy atom. The second-order valence-corrected chi connectivity index (χ2v) is 6.82. The lowest BCUT2D eigenvalue weighted by molar-refractivity contribution is -0.132. The van der Waals surface area contributed by atoms with Crippen molar-refractivity contribution in [1.29, 1.82) is 0 Å². The molecule has 114 valence electrons. The van der Waals surface area contributed by atoms with Gasteiger partial charge in [-0.1, -0.05) is 19.1 Å². The van der Waals surface area contributed by atoms with Crippen molar-refractivity contribution < 1.29 is 9.18 Å². The van der Waals surface area contributed by atoms with E-state index < -0.39 is 0 Å². The topological polar surface area (TPSA) is 32.3 Å². The van der Waals surface area contributed by atoms with Crippen LogP contribution in [-0.2, 0) is 4.79 Å². The summed E-state index contributed by atoms with van der Waals surface area (Å²) >= 11 is 1.75. The smallest absolute Gasteiger partial charge is 0.244 e. The molecule has 3 nitrogen and oxygen atoms in total. The number of carbonyl (C=O) groups is 1. The molecule has 1 saturated heterocycles. The molecule has 2 aliphatic rings. The van der Waals surface area contributed by atoms with E-state index in [0.717, 1.165) is 30.6 Å². The summed E-state index contributed by atoms with van der Waals surface area (Å²) in [6.07, 6.45) is 4.55. The van der Waals surface area contributed by atoms with Gasteiger partial charge in [-0.2, -0.15) is 11.8 Å². The molecule has 3 rings (SSSR count). The van der Waals surface area contributed by atoms with Gasteiger partial charge < -0.3 is 4.90 Å². The maximum absolute atomic E-state index is 13.5. The zero-order valence-corrected chi connectivity index (χ0v) is 13.3. The van der Waals surface area contributed by atoms with E-state index in [1.165, 1.54) is 12.1 Å². The molecule has 1 aromatic rings. The third kappa shape index (κ3) is 2.57. The molecule has 1 aliphatic heterocycles. The van der Waals surface area contributed by atoms with Crippen molar-refractivity contribution in [2.45, 2.75) is 43.9 Å². The van der Waals surface area contributed by atoms with Crippen LogP contribution < -0.4 is 5.32 Å². The quantitative estimate of drug-likeness (QED) is 0.908. The van der Waals surface area contributed by atoms with Gasteiger partial charge in [-0.05, 0) is 43.2 Å². The fourth-order valence-corrected chi connectivity index (χ4v) is 3.91. The first kappa shape index (κ1) is 14.9. The molecule has 5 heteroatoms. The van der Waals surface area contributed by atoms with Crippen LogP contribution in [0.15, 0.2) is 24.3 Å². The molecule has 1 aliphatic carbocycles. The van der Waals surface area contributed by atoms with Gasteiger partial charge in [-0.25, -0.2) is 4.39 Å². The number of hydrogen-bond acceptors (Lipinski definition) is 3. The molecule has 1 spiro atoms. The van der Waals surface area contributed by atoms with Crippen molar-refractivity contribution >= 4 is 17.7 Å². The number of thioether (sulfide) groups is 1. The van der Waals surface area contributed by atoms with Crippen molar-refractivity contribution in [2.24, 2.45) is 0 Å². The van der Waals surface area contributed by atoms with E-state index in [9.17, 15) is 9.18 Å². The van der Waals surface area contributed by atoms with E-state index in [0.29, 0.717) is 0 Å². The Labute approximate surface area is 129 Å². The summed E-state index contributed by atoms with van der Waals surface area (Å²) in [7, 11) is 0. The first-order valence-corrected chi connectivity index (χ1v) is 8.85. The van der Waals surface area contributed by atoms with E-state index in [2.05, 4.69) is 18.5 Å². The molecule has 1 N–H and O–H groups in total. The highest BCUT2D eigenvalue weighted by Gasteiger charge is 2.60. The van der Waals surface area contributed by atoms with Crippen molar-refractivity contribution in [3.63, 3.8) is 0 Å². The molecule has 0 radical (unpaired) electrons. The van der Waals surface area contributed by atoms with E-state index >= 15 is 0 Å². The highest BCUT2D eigenvalue weighted by molar-refractivity contribution is 7.98. The third-order valence-corrected chi connectivity index (χ3v) is 5.19. The zero-order chi connectivity index (χ0) is 15.0. The van der Waals surface area contributed by atoms with Gasteiger partial charge in [0.25, 0.3) is 0 Å². The van der Waals surface area contributed by atoms with Crippen molar-refractivity contribution in [2.75, 3.05) is 12.0 Å². The van der Waals surface area contributed by atoms with Crippen molar-refractivity contribution in [3.05, 3.63) is 35.6 Å². The Hall–Kier alpha value is -1.07. The predicted octanol–water partition coefficient (Wildman–Crippen LogP) is 2.93. The van der Waals surface area contributed by atoms with Crippen LogP contribution in [0.25, 0.3) is 0 Å². The summed E-state index contributed by atoms with van der Waals surface area (Å²) in [6.45, 7) is 2.11. The summed E-state index contributed by atoms with van der Waals surface area (Å²) in [5, 5.41) is 3.46. The Balaban J connectivity index is 1.94. The van der Waals surface area contributed by atoms with Crippen LogP contribution in [0.3, 0.4) is 0 Å². The van der Waals surface area contributed by atoms with E-state index in [1.54, 1.807) is 17.8 Å². The maximum Gasteiger partial charge on any atom is 0.244 e. The summed E-state index contributed by atoms with van der Waals surface area (Å²) < 4.78 is 13.5. The monoisotopic (exact) mass is 308 g/mol. The van der Waals surface area contributed by atoms with Gasteiger partial charge in [0.15, 0.2) is 0 Å². The van der Waals surface area contributed by atoms with Gasteiger partial charge >= 0.3 is 0 Å². The fourth-order valence-electron chi connectivity index (χ4n) is 3.13. The van der Waals surface area contributed by atoms with Crippen LogP contribution >= 0.6 is 11.8 Å². The predicted molar refractivity (Wildman–Crippen MR) is 83.5 cm³/mol. The second-order valence-electron chi connectivity index (χ2n) is 5.91. The molecule has 2 unspecified atom stereocenters. The molecule has 0 aromatic heterocycles. The Morgan fingerprint density at radius 1 is 1.52 bits per heavy atom. The minimum Gasteiger partial charge on any atom is -0.317 e. The van der Waals surface area contributed by atoms with Crippen molar-refractivity contribution in [1.82, 2.24) is 10.2 Å². The second kappa shape index (κ2) is 5.61. The van der Waals surface area contributed by atoms with Crippen LogP contribution in [-0.4, -0.2) is 34.4 Å². The molecule has 1 heterocycles. The maximum atomic E-state index is 13.5. The molecular weight excluding hydrogens is 287 g/mol. The molecule has 1 aromatic carbocycles. The molecule has 0 bridgehead atoms. The van der Waals surface area contributed by atoms with Gasteiger partial charge in [-0.15, -0.1) is 0 Å². The lowest BCUT2D eigenvalue weighted by Gasteiger charge is -2.32. The third-order valence-electron chi connectivity index (χ3n) is 4.47. The zero-order valence-electron chi connectivity index (χ0n) is 12.4. The Morgan fingerprint density at radius 2 is 2.29 bits per heavy atom. The minimum atomic E-state index is -0.372. The van der Waals surface area contributed by atoms with Gasteiger partial charge in [0.2, 0.25) is 5.91 Å². The molecule has 21 heavy (non-hydrogen) atoms. The standard InChI is InChI=1S/C16H21FN2OS/c1-3-13(10-21-2)19-14(11-5-4-6-12(17)9-11)18-16(7-8-16)15(19)20/h4-6,9,13-14,18H,3,7-8,10H2,1-2H3. The highest BCUT2D eigenvalue weighted by atomic mass is 32.2. The number of nitrogens with zero attached hydrogens (tertiary/aromatic N) is 1. The number of benzene rings is 1. The molecule has 1 saturated carbocycles. The molecular formula is C16H21FN2OS. The molecule has 2 fully saturated rings. The average molecular weight is 308 g/mol. The molecule has 2 atom stereocenters. The number of amides is 1. The summed E-state index contributed by atoms with van der Waals surface area (Å²) in [5.74, 6) is 0.847. The minimum absolute atomic E-state index is 0.188. The number of rotatable bonds is 5. The lowest BCUT2D eigenvalue weighted by Crippen LogP contribution is -2.41. The van der Waals surface area contributed by atoms with E-state index in [1.807, 2.05) is 11.0 Å². The fraction of sp³-hybridized carbons (Fsp3) is 0.562. The van der Waals surface area contributed by atoms with E-state index in [4.69, 9.17) is 0 Å². The first-order chi connectivity index (χ1) is 10.1. The molecule has 1 amide bonds. The Bertz CT molecular complexity index is 547. The normalized spacial score (nSPS) is 24.6. The van der Waals surface area contributed by atoms with Gasteiger partial charge in [0, 0.05) is 11.8 Å². The van der Waals surface area contributed by atoms with E-state index in [-0.39, 0.29) is 29.5 Å². The lowest BCUT2D eigenvalue weighted by atomic mass is 10.1. The summed E-state index contributed by atoms with van der Waals surface area (Å²) in [5.41, 5.74) is 0.467. The van der Waals surface area contributed by atoms with Gasteiger partial charge in [-0.3, -0.25) is 10.1 Å². The van der Waals surface area contributed by atoms with Crippen LogP contribution in [0.5, 0.6) is 0 Å². The first-order valence-electron chi connectivity index (χ1n) is 7.46. The Kier molecular flexibility index (Phi) is 3.97. The number of hydrogen-bond donors (Lipinski definition) is 1.